The number of carbonyl (C=O) groups is 2. The van der Waals surface area contributed by atoms with E-state index in [2.05, 4.69) is 15.8 Å². The van der Waals surface area contributed by atoms with Gasteiger partial charge in [0.2, 0.25) is 0 Å². The van der Waals surface area contributed by atoms with Gasteiger partial charge in [-0.05, 0) is 36.4 Å². The number of ether oxygens (including phenoxy) is 1. The molecule has 0 bridgehead atoms. The van der Waals surface area contributed by atoms with Crippen molar-refractivity contribution in [2.75, 3.05) is 36.0 Å². The van der Waals surface area contributed by atoms with Crippen molar-refractivity contribution in [1.29, 1.82) is 0 Å². The topological polar surface area (TPSA) is 86.3 Å². The zero-order valence-electron chi connectivity index (χ0n) is 15.2. The Bertz CT molecular complexity index is 905. The lowest BCUT2D eigenvalue weighted by molar-refractivity contribution is 0.0920. The van der Waals surface area contributed by atoms with Gasteiger partial charge in [-0.1, -0.05) is 11.6 Å². The van der Waals surface area contributed by atoms with E-state index in [1.807, 2.05) is 29.2 Å². The number of hydrogen-bond acceptors (Lipinski definition) is 7. The van der Waals surface area contributed by atoms with Gasteiger partial charge < -0.3 is 20.4 Å². The highest BCUT2D eigenvalue weighted by Gasteiger charge is 2.32. The van der Waals surface area contributed by atoms with Crippen molar-refractivity contribution in [2.45, 2.75) is 6.10 Å². The van der Waals surface area contributed by atoms with Gasteiger partial charge in [0.25, 0.3) is 5.91 Å². The van der Waals surface area contributed by atoms with E-state index >= 15 is 0 Å². The minimum absolute atomic E-state index is 0. The van der Waals surface area contributed by atoms with E-state index in [-0.39, 0.29) is 24.9 Å². The molecule has 8 nitrogen and oxygen atoms in total. The number of thiophene rings is 1. The maximum atomic E-state index is 12.2. The fraction of sp³-hybridized carbons (Fsp3) is 0.278. The molecule has 0 radical (unpaired) electrons. The first-order valence-electron chi connectivity index (χ1n) is 8.74. The first kappa shape index (κ1) is 21.2. The van der Waals surface area contributed by atoms with Crippen LogP contribution in [0.25, 0.3) is 0 Å². The minimum atomic E-state index is -0.421. The second-order valence-electron chi connectivity index (χ2n) is 6.29. The zero-order chi connectivity index (χ0) is 19.5. The summed E-state index contributed by atoms with van der Waals surface area (Å²) in [6, 6.07) is 11.0. The third-order valence-corrected chi connectivity index (χ3v) is 5.64. The molecule has 1 aromatic carbocycles. The number of halogens is 2. The molecule has 2 aliphatic rings. The predicted molar refractivity (Wildman–Crippen MR) is 117 cm³/mol. The van der Waals surface area contributed by atoms with Crippen LogP contribution in [-0.4, -0.2) is 50.6 Å². The quantitative estimate of drug-likeness (QED) is 0.723. The molecule has 0 spiro atoms. The molecule has 0 aliphatic carbocycles. The van der Waals surface area contributed by atoms with E-state index < -0.39 is 12.2 Å². The molecular weight excluding hydrogens is 437 g/mol. The minimum Gasteiger partial charge on any atom is -0.442 e. The summed E-state index contributed by atoms with van der Waals surface area (Å²) in [4.78, 5) is 28.4. The Hall–Kier alpha value is -2.49. The average molecular weight is 456 g/mol. The van der Waals surface area contributed by atoms with Crippen molar-refractivity contribution < 1.29 is 14.3 Å². The molecule has 1 fully saturated rings. The number of hydrazone groups is 1. The molecule has 1 atom stereocenters. The maximum absolute atomic E-state index is 12.2. The number of hydrogen-bond donors (Lipinski definition) is 2. The molecule has 2 aliphatic heterocycles. The number of cyclic esters (lactones) is 1. The van der Waals surface area contributed by atoms with Gasteiger partial charge in [0, 0.05) is 17.9 Å². The van der Waals surface area contributed by atoms with Crippen LogP contribution in [0.5, 0.6) is 0 Å². The molecular formula is C18H19Cl2N5O3S. The van der Waals surface area contributed by atoms with Crippen LogP contribution in [0, 0.1) is 0 Å². The largest absolute Gasteiger partial charge is 0.442 e. The van der Waals surface area contributed by atoms with Crippen LogP contribution in [0.2, 0.25) is 4.34 Å². The Kier molecular flexibility index (Phi) is 6.83. The summed E-state index contributed by atoms with van der Waals surface area (Å²) in [6.07, 6.45) is 0.907. The van der Waals surface area contributed by atoms with Crippen LogP contribution < -0.4 is 20.5 Å². The summed E-state index contributed by atoms with van der Waals surface area (Å²) in [7, 11) is 0. The Morgan fingerprint density at radius 1 is 1.28 bits per heavy atom. The highest BCUT2D eigenvalue weighted by molar-refractivity contribution is 7.18. The highest BCUT2D eigenvalue weighted by atomic mass is 35.5. The predicted octanol–water partition coefficient (Wildman–Crippen LogP) is 2.93. The lowest BCUT2D eigenvalue weighted by Crippen LogP contribution is -2.35. The molecule has 3 heterocycles. The van der Waals surface area contributed by atoms with Crippen molar-refractivity contribution in [1.82, 2.24) is 10.7 Å². The molecule has 0 saturated carbocycles. The number of anilines is 2. The summed E-state index contributed by atoms with van der Waals surface area (Å²) < 4.78 is 5.93. The van der Waals surface area contributed by atoms with E-state index in [1.165, 1.54) is 11.3 Å². The second-order valence-corrected chi connectivity index (χ2v) is 8.01. The van der Waals surface area contributed by atoms with E-state index in [0.29, 0.717) is 15.8 Å². The SMILES string of the molecule is Cl.O=C(NC[C@H]1CN(c2ccc(N3C=NNCC3)cc2)C(=O)O1)c1ccc(Cl)s1. The molecule has 154 valence electrons. The summed E-state index contributed by atoms with van der Waals surface area (Å²) >= 11 is 7.06. The first-order chi connectivity index (χ1) is 13.6. The van der Waals surface area contributed by atoms with Crippen LogP contribution in [0.15, 0.2) is 41.5 Å². The number of nitrogens with zero attached hydrogens (tertiary/aromatic N) is 3. The van der Waals surface area contributed by atoms with Crippen molar-refractivity contribution >= 4 is 65.1 Å². The van der Waals surface area contributed by atoms with E-state index in [9.17, 15) is 9.59 Å². The Morgan fingerprint density at radius 2 is 2.03 bits per heavy atom. The highest BCUT2D eigenvalue weighted by Crippen LogP contribution is 2.25. The lowest BCUT2D eigenvalue weighted by Gasteiger charge is -2.23. The van der Waals surface area contributed by atoms with Gasteiger partial charge in [-0.3, -0.25) is 9.69 Å². The van der Waals surface area contributed by atoms with E-state index in [4.69, 9.17) is 16.3 Å². The number of benzene rings is 1. The molecule has 4 rings (SSSR count). The summed E-state index contributed by atoms with van der Waals surface area (Å²) in [5.41, 5.74) is 4.65. The monoisotopic (exact) mass is 455 g/mol. The Morgan fingerprint density at radius 3 is 2.69 bits per heavy atom. The number of rotatable bonds is 5. The van der Waals surface area contributed by atoms with E-state index in [1.54, 1.807) is 23.4 Å². The lowest BCUT2D eigenvalue weighted by atomic mass is 10.2. The fourth-order valence-corrected chi connectivity index (χ4v) is 3.95. The zero-order valence-corrected chi connectivity index (χ0v) is 17.6. The standard InChI is InChI=1S/C18H18ClN5O3S.ClH/c19-16-6-5-15(28-16)17(25)20-9-14-10-24(18(26)27-14)13-3-1-12(2-4-13)23-8-7-21-22-11-23;/h1-6,11,14,21H,7-10H2,(H,20,25);1H/t14-;/m0./s1. The normalized spacial score (nSPS) is 18.1. The van der Waals surface area contributed by atoms with Crippen LogP contribution in [0.4, 0.5) is 16.2 Å². The van der Waals surface area contributed by atoms with Crippen molar-refractivity contribution in [2.24, 2.45) is 5.10 Å². The molecule has 2 aromatic rings. The third kappa shape index (κ3) is 4.92. The average Bonchev–Trinajstić information content (AvgIpc) is 3.32. The molecule has 0 unspecified atom stereocenters. The van der Waals surface area contributed by atoms with Gasteiger partial charge in [-0.2, -0.15) is 5.10 Å². The fourth-order valence-electron chi connectivity index (χ4n) is 2.99. The van der Waals surface area contributed by atoms with Gasteiger partial charge in [-0.15, -0.1) is 23.7 Å². The van der Waals surface area contributed by atoms with Crippen LogP contribution in [-0.2, 0) is 4.74 Å². The van der Waals surface area contributed by atoms with Gasteiger partial charge in [0.1, 0.15) is 12.4 Å². The summed E-state index contributed by atoms with van der Waals surface area (Å²) in [5.74, 6) is -0.228. The van der Waals surface area contributed by atoms with Crippen molar-refractivity contribution in [3.05, 3.63) is 45.6 Å². The van der Waals surface area contributed by atoms with Crippen molar-refractivity contribution in [3.63, 3.8) is 0 Å². The maximum Gasteiger partial charge on any atom is 0.414 e. The van der Waals surface area contributed by atoms with Gasteiger partial charge >= 0.3 is 6.09 Å². The molecule has 1 aromatic heterocycles. The van der Waals surface area contributed by atoms with Gasteiger partial charge in [-0.25, -0.2) is 4.79 Å². The second kappa shape index (κ2) is 9.34. The smallest absolute Gasteiger partial charge is 0.414 e. The van der Waals surface area contributed by atoms with Gasteiger partial charge in [0.05, 0.1) is 28.8 Å². The molecule has 11 heteroatoms. The number of nitrogens with one attached hydrogen (secondary N) is 2. The van der Waals surface area contributed by atoms with Crippen LogP contribution >= 0.6 is 35.3 Å². The first-order valence-corrected chi connectivity index (χ1v) is 9.94. The number of carbonyl (C=O) groups excluding carboxylic acids is 2. The molecule has 2 amide bonds. The van der Waals surface area contributed by atoms with Gasteiger partial charge in [0.15, 0.2) is 0 Å². The third-order valence-electron chi connectivity index (χ3n) is 4.41. The van der Waals surface area contributed by atoms with Crippen LogP contribution in [0.1, 0.15) is 9.67 Å². The molecule has 1 saturated heterocycles. The van der Waals surface area contributed by atoms with Crippen molar-refractivity contribution in [3.8, 4) is 0 Å². The number of amides is 2. The molecule has 29 heavy (non-hydrogen) atoms. The summed E-state index contributed by atoms with van der Waals surface area (Å²) in [6.45, 7) is 2.22. The van der Waals surface area contributed by atoms with Crippen LogP contribution in [0.3, 0.4) is 0 Å². The van der Waals surface area contributed by atoms with E-state index in [0.717, 1.165) is 24.5 Å². The Labute approximate surface area is 182 Å². The molecule has 2 N–H and O–H groups in total. The Balaban J connectivity index is 0.00000240. The summed E-state index contributed by atoms with van der Waals surface area (Å²) in [5, 5.41) is 6.82.